The van der Waals surface area contributed by atoms with Gasteiger partial charge in [0, 0.05) is 37.7 Å². The molecule has 5 nitrogen and oxygen atoms in total. The van der Waals surface area contributed by atoms with Crippen molar-refractivity contribution in [2.45, 2.75) is 66.0 Å². The summed E-state index contributed by atoms with van der Waals surface area (Å²) < 4.78 is 5.22. The van der Waals surface area contributed by atoms with Crippen LogP contribution in [0.3, 0.4) is 0 Å². The lowest BCUT2D eigenvalue weighted by atomic mass is 10.0. The first-order chi connectivity index (χ1) is 10.5. The van der Waals surface area contributed by atoms with Crippen LogP contribution in [0, 0.1) is 19.8 Å². The maximum absolute atomic E-state index is 11.9. The predicted molar refractivity (Wildman–Crippen MR) is 86.5 cm³/mol. The Kier molecular flexibility index (Phi) is 6.00. The van der Waals surface area contributed by atoms with E-state index in [1.54, 1.807) is 0 Å². The standard InChI is InChI=1S/C17H29N3O2/c1-12(2)5-6-17(21)18-15-7-9-20(10-8-15)11-16-13(3)19-22-14(16)4/h12,15H,5-11H2,1-4H3,(H,18,21). The number of aryl methyl sites for hydroxylation is 2. The highest BCUT2D eigenvalue weighted by molar-refractivity contribution is 5.76. The van der Waals surface area contributed by atoms with Crippen molar-refractivity contribution in [1.82, 2.24) is 15.4 Å². The molecular formula is C17H29N3O2. The van der Waals surface area contributed by atoms with Gasteiger partial charge in [0.15, 0.2) is 0 Å². The Balaban J connectivity index is 1.73. The first-order valence-corrected chi connectivity index (χ1v) is 8.39. The van der Waals surface area contributed by atoms with Gasteiger partial charge in [-0.1, -0.05) is 19.0 Å². The third-order valence-corrected chi connectivity index (χ3v) is 4.46. The van der Waals surface area contributed by atoms with Crippen LogP contribution in [0.15, 0.2) is 4.52 Å². The Bertz CT molecular complexity index is 469. The largest absolute Gasteiger partial charge is 0.361 e. The molecule has 0 unspecified atom stereocenters. The van der Waals surface area contributed by atoms with Crippen LogP contribution in [-0.4, -0.2) is 35.1 Å². The van der Waals surface area contributed by atoms with E-state index in [0.717, 1.165) is 50.4 Å². The molecule has 1 fully saturated rings. The van der Waals surface area contributed by atoms with E-state index in [-0.39, 0.29) is 5.91 Å². The summed E-state index contributed by atoms with van der Waals surface area (Å²) in [5.74, 6) is 1.71. The van der Waals surface area contributed by atoms with Gasteiger partial charge < -0.3 is 9.84 Å². The van der Waals surface area contributed by atoms with Crippen LogP contribution >= 0.6 is 0 Å². The molecule has 0 radical (unpaired) electrons. The van der Waals surface area contributed by atoms with Crippen molar-refractivity contribution >= 4 is 5.91 Å². The second kappa shape index (κ2) is 7.77. The average molecular weight is 307 g/mol. The summed E-state index contributed by atoms with van der Waals surface area (Å²) in [5.41, 5.74) is 2.20. The minimum Gasteiger partial charge on any atom is -0.361 e. The van der Waals surface area contributed by atoms with Crippen molar-refractivity contribution in [3.05, 3.63) is 17.0 Å². The summed E-state index contributed by atoms with van der Waals surface area (Å²) in [5, 5.41) is 7.19. The Hall–Kier alpha value is -1.36. The molecule has 124 valence electrons. The number of amides is 1. The fourth-order valence-electron chi connectivity index (χ4n) is 2.91. The van der Waals surface area contributed by atoms with E-state index in [9.17, 15) is 4.79 Å². The molecule has 1 N–H and O–H groups in total. The Morgan fingerprint density at radius 3 is 2.59 bits per heavy atom. The number of nitrogens with zero attached hydrogens (tertiary/aromatic N) is 2. The van der Waals surface area contributed by atoms with Crippen molar-refractivity contribution in [2.75, 3.05) is 13.1 Å². The maximum atomic E-state index is 11.9. The minimum atomic E-state index is 0.206. The number of carbonyl (C=O) groups is 1. The number of rotatable bonds is 6. The van der Waals surface area contributed by atoms with Gasteiger partial charge in [-0.3, -0.25) is 9.69 Å². The molecule has 1 aromatic rings. The number of likely N-dealkylation sites (tertiary alicyclic amines) is 1. The SMILES string of the molecule is Cc1noc(C)c1CN1CCC(NC(=O)CCC(C)C)CC1. The van der Waals surface area contributed by atoms with Crippen LogP contribution in [0.5, 0.6) is 0 Å². The lowest BCUT2D eigenvalue weighted by Crippen LogP contribution is -2.44. The van der Waals surface area contributed by atoms with Gasteiger partial charge in [-0.05, 0) is 39.0 Å². The van der Waals surface area contributed by atoms with Crippen molar-refractivity contribution in [3.8, 4) is 0 Å². The number of piperidine rings is 1. The lowest BCUT2D eigenvalue weighted by Gasteiger charge is -2.32. The smallest absolute Gasteiger partial charge is 0.220 e. The van der Waals surface area contributed by atoms with E-state index in [2.05, 4.69) is 29.2 Å². The first-order valence-electron chi connectivity index (χ1n) is 8.39. The van der Waals surface area contributed by atoms with Gasteiger partial charge in [0.1, 0.15) is 5.76 Å². The van der Waals surface area contributed by atoms with Gasteiger partial charge in [-0.15, -0.1) is 0 Å². The molecule has 22 heavy (non-hydrogen) atoms. The third kappa shape index (κ3) is 4.83. The summed E-state index contributed by atoms with van der Waals surface area (Å²) in [7, 11) is 0. The van der Waals surface area contributed by atoms with Crippen molar-refractivity contribution in [2.24, 2.45) is 5.92 Å². The molecule has 0 aromatic carbocycles. The Morgan fingerprint density at radius 1 is 1.36 bits per heavy atom. The van der Waals surface area contributed by atoms with E-state index >= 15 is 0 Å². The summed E-state index contributed by atoms with van der Waals surface area (Å²) in [4.78, 5) is 14.3. The number of hydrogen-bond donors (Lipinski definition) is 1. The van der Waals surface area contributed by atoms with Crippen LogP contribution < -0.4 is 5.32 Å². The van der Waals surface area contributed by atoms with Gasteiger partial charge in [0.25, 0.3) is 0 Å². The molecule has 2 heterocycles. The van der Waals surface area contributed by atoms with Crippen LogP contribution in [0.4, 0.5) is 0 Å². The molecule has 2 rings (SSSR count). The normalized spacial score (nSPS) is 17.1. The number of aromatic nitrogens is 1. The molecular weight excluding hydrogens is 278 g/mol. The monoisotopic (exact) mass is 307 g/mol. The fraction of sp³-hybridized carbons (Fsp3) is 0.765. The third-order valence-electron chi connectivity index (χ3n) is 4.46. The maximum Gasteiger partial charge on any atom is 0.220 e. The molecule has 0 saturated carbocycles. The number of carbonyl (C=O) groups excluding carboxylic acids is 1. The second-order valence-corrected chi connectivity index (χ2v) is 6.85. The zero-order valence-electron chi connectivity index (χ0n) is 14.3. The quantitative estimate of drug-likeness (QED) is 0.878. The number of hydrogen-bond acceptors (Lipinski definition) is 4. The summed E-state index contributed by atoms with van der Waals surface area (Å²) >= 11 is 0. The lowest BCUT2D eigenvalue weighted by molar-refractivity contribution is -0.122. The molecule has 0 bridgehead atoms. The highest BCUT2D eigenvalue weighted by atomic mass is 16.5. The van der Waals surface area contributed by atoms with Crippen LogP contribution in [0.2, 0.25) is 0 Å². The first kappa shape index (κ1) is 17.0. The van der Waals surface area contributed by atoms with E-state index < -0.39 is 0 Å². The highest BCUT2D eigenvalue weighted by Gasteiger charge is 2.22. The van der Waals surface area contributed by atoms with E-state index in [1.807, 2.05) is 13.8 Å². The average Bonchev–Trinajstić information content (AvgIpc) is 2.79. The van der Waals surface area contributed by atoms with E-state index in [4.69, 9.17) is 4.52 Å². The summed E-state index contributed by atoms with van der Waals surface area (Å²) in [6, 6.07) is 0.334. The molecule has 0 spiro atoms. The van der Waals surface area contributed by atoms with Crippen molar-refractivity contribution in [3.63, 3.8) is 0 Å². The summed E-state index contributed by atoms with van der Waals surface area (Å²) in [6.45, 7) is 11.2. The van der Waals surface area contributed by atoms with Gasteiger partial charge >= 0.3 is 0 Å². The molecule has 1 aliphatic heterocycles. The van der Waals surface area contributed by atoms with Gasteiger partial charge in [-0.2, -0.15) is 0 Å². The fourth-order valence-corrected chi connectivity index (χ4v) is 2.91. The molecule has 0 aliphatic carbocycles. The minimum absolute atomic E-state index is 0.206. The molecule has 1 saturated heterocycles. The Labute approximate surface area is 133 Å². The van der Waals surface area contributed by atoms with Crippen molar-refractivity contribution in [1.29, 1.82) is 0 Å². The Morgan fingerprint density at radius 2 is 2.05 bits per heavy atom. The van der Waals surface area contributed by atoms with E-state index in [1.165, 1.54) is 5.56 Å². The summed E-state index contributed by atoms with van der Waals surface area (Å²) in [6.07, 6.45) is 3.67. The number of nitrogens with one attached hydrogen (secondary N) is 1. The topological polar surface area (TPSA) is 58.4 Å². The highest BCUT2D eigenvalue weighted by Crippen LogP contribution is 2.18. The van der Waals surface area contributed by atoms with Crippen molar-refractivity contribution < 1.29 is 9.32 Å². The predicted octanol–water partition coefficient (Wildman–Crippen LogP) is 2.81. The van der Waals surface area contributed by atoms with Crippen LogP contribution in [-0.2, 0) is 11.3 Å². The van der Waals surface area contributed by atoms with Gasteiger partial charge in [-0.25, -0.2) is 0 Å². The van der Waals surface area contributed by atoms with Gasteiger partial charge in [0.05, 0.1) is 5.69 Å². The van der Waals surface area contributed by atoms with E-state index in [0.29, 0.717) is 18.4 Å². The molecule has 5 heteroatoms. The van der Waals surface area contributed by atoms with Gasteiger partial charge in [0.2, 0.25) is 5.91 Å². The van der Waals surface area contributed by atoms with Crippen LogP contribution in [0.1, 0.15) is 56.5 Å². The molecule has 1 aliphatic rings. The zero-order chi connectivity index (χ0) is 16.1. The molecule has 1 amide bonds. The second-order valence-electron chi connectivity index (χ2n) is 6.85. The van der Waals surface area contributed by atoms with Crippen LogP contribution in [0.25, 0.3) is 0 Å². The zero-order valence-corrected chi connectivity index (χ0v) is 14.3. The molecule has 1 aromatic heterocycles. The molecule has 0 atom stereocenters.